The third-order valence-corrected chi connectivity index (χ3v) is 7.07. The second-order valence-electron chi connectivity index (χ2n) is 7.31. The molecule has 0 fully saturated rings. The SMILES string of the molecule is CC1(C)CS(=O)(=O)c2cc(-c3c(Cl)cc(-n4nc(N)nc4N)cc3Cl)ccc2O1. The van der Waals surface area contributed by atoms with Gasteiger partial charge in [-0.05, 0) is 43.7 Å². The van der Waals surface area contributed by atoms with E-state index in [2.05, 4.69) is 10.1 Å². The molecule has 2 heterocycles. The molecule has 0 radical (unpaired) electrons. The molecule has 0 spiro atoms. The van der Waals surface area contributed by atoms with Gasteiger partial charge in [-0.25, -0.2) is 8.42 Å². The summed E-state index contributed by atoms with van der Waals surface area (Å²) in [6.07, 6.45) is 0. The fourth-order valence-electron chi connectivity index (χ4n) is 3.34. The molecule has 1 aliphatic heterocycles. The molecule has 1 aromatic heterocycles. The van der Waals surface area contributed by atoms with Crippen LogP contribution in [0, 0.1) is 0 Å². The molecule has 2 aromatic carbocycles. The van der Waals surface area contributed by atoms with E-state index < -0.39 is 15.4 Å². The molecule has 0 unspecified atom stereocenters. The van der Waals surface area contributed by atoms with Crippen LogP contribution in [0.3, 0.4) is 0 Å². The number of sulfone groups is 1. The van der Waals surface area contributed by atoms with E-state index in [1.54, 1.807) is 38.1 Å². The van der Waals surface area contributed by atoms with Crippen molar-refractivity contribution in [3.63, 3.8) is 0 Å². The highest BCUT2D eigenvalue weighted by Gasteiger charge is 2.37. The van der Waals surface area contributed by atoms with Crippen molar-refractivity contribution in [3.8, 4) is 22.6 Å². The Kier molecular flexibility index (Phi) is 4.45. The number of fused-ring (bicyclic) bond motifs is 1. The van der Waals surface area contributed by atoms with Crippen LogP contribution in [-0.4, -0.2) is 34.5 Å². The molecule has 0 bridgehead atoms. The highest BCUT2D eigenvalue weighted by Crippen LogP contribution is 2.42. The third-order valence-electron chi connectivity index (χ3n) is 4.41. The minimum absolute atomic E-state index is 0.0154. The maximum absolute atomic E-state index is 12.7. The van der Waals surface area contributed by atoms with E-state index in [0.717, 1.165) is 0 Å². The fraction of sp³-hybridized carbons (Fsp3) is 0.222. The number of aromatic nitrogens is 3. The fourth-order valence-corrected chi connectivity index (χ4v) is 5.89. The van der Waals surface area contributed by atoms with E-state index in [1.807, 2.05) is 0 Å². The minimum atomic E-state index is -3.52. The Morgan fingerprint density at radius 1 is 1.14 bits per heavy atom. The zero-order chi connectivity index (χ0) is 21.1. The lowest BCUT2D eigenvalue weighted by Crippen LogP contribution is -2.40. The molecule has 0 aliphatic carbocycles. The smallest absolute Gasteiger partial charge is 0.241 e. The summed E-state index contributed by atoms with van der Waals surface area (Å²) >= 11 is 13.0. The lowest BCUT2D eigenvalue weighted by Gasteiger charge is -2.32. The zero-order valence-corrected chi connectivity index (χ0v) is 17.8. The van der Waals surface area contributed by atoms with Gasteiger partial charge in [-0.3, -0.25) is 0 Å². The zero-order valence-electron chi connectivity index (χ0n) is 15.5. The van der Waals surface area contributed by atoms with Gasteiger partial charge in [0.1, 0.15) is 16.2 Å². The minimum Gasteiger partial charge on any atom is -0.485 e. The molecule has 0 amide bonds. The Morgan fingerprint density at radius 3 is 2.38 bits per heavy atom. The Hall–Kier alpha value is -2.49. The Balaban J connectivity index is 1.84. The predicted octanol–water partition coefficient (Wildman–Crippen LogP) is 3.35. The van der Waals surface area contributed by atoms with Crippen molar-refractivity contribution in [2.45, 2.75) is 24.3 Å². The number of anilines is 2. The standard InChI is InChI=1S/C18H17Cl2N5O3S/c1-18(2)8-29(26,27)14-5-9(3-4-13(14)28-18)15-11(19)6-10(7-12(15)20)25-17(22)23-16(21)24-25/h3-7H,8H2,1-2H3,(H4,21,22,23,24). The Bertz CT molecular complexity index is 1230. The first-order valence-electron chi connectivity index (χ1n) is 8.50. The van der Waals surface area contributed by atoms with Crippen LogP contribution in [-0.2, 0) is 9.84 Å². The van der Waals surface area contributed by atoms with Crippen molar-refractivity contribution in [1.29, 1.82) is 0 Å². The monoisotopic (exact) mass is 453 g/mol. The molecule has 3 aromatic rings. The maximum atomic E-state index is 12.7. The van der Waals surface area contributed by atoms with Crippen LogP contribution >= 0.6 is 23.2 Å². The van der Waals surface area contributed by atoms with Gasteiger partial charge >= 0.3 is 0 Å². The maximum Gasteiger partial charge on any atom is 0.241 e. The van der Waals surface area contributed by atoms with Gasteiger partial charge in [0, 0.05) is 5.56 Å². The first kappa shape index (κ1) is 19.8. The van der Waals surface area contributed by atoms with Crippen molar-refractivity contribution >= 4 is 44.9 Å². The van der Waals surface area contributed by atoms with E-state index in [-0.39, 0.29) is 32.6 Å². The first-order valence-corrected chi connectivity index (χ1v) is 10.9. The van der Waals surface area contributed by atoms with Crippen LogP contribution in [0.1, 0.15) is 13.8 Å². The summed E-state index contributed by atoms with van der Waals surface area (Å²) in [5.74, 6) is 0.285. The summed E-state index contributed by atoms with van der Waals surface area (Å²) < 4.78 is 32.6. The van der Waals surface area contributed by atoms with Crippen LogP contribution in [0.2, 0.25) is 10.0 Å². The number of hydrogen-bond acceptors (Lipinski definition) is 7. The first-order chi connectivity index (χ1) is 13.5. The van der Waals surface area contributed by atoms with Gasteiger partial charge in [-0.15, -0.1) is 5.10 Å². The average molecular weight is 454 g/mol. The molecular formula is C18H17Cl2N5O3S. The van der Waals surface area contributed by atoms with Crippen LogP contribution in [0.4, 0.5) is 11.9 Å². The highest BCUT2D eigenvalue weighted by molar-refractivity contribution is 7.91. The molecule has 8 nitrogen and oxygen atoms in total. The van der Waals surface area contributed by atoms with Crippen molar-refractivity contribution in [1.82, 2.24) is 14.8 Å². The topological polar surface area (TPSA) is 126 Å². The second-order valence-corrected chi connectivity index (χ2v) is 10.1. The van der Waals surface area contributed by atoms with Crippen LogP contribution in [0.15, 0.2) is 35.2 Å². The number of benzene rings is 2. The normalized spacial score (nSPS) is 16.8. The van der Waals surface area contributed by atoms with Crippen molar-refractivity contribution in [3.05, 3.63) is 40.4 Å². The molecule has 4 rings (SSSR count). The van der Waals surface area contributed by atoms with E-state index in [0.29, 0.717) is 22.6 Å². The Morgan fingerprint density at radius 2 is 1.79 bits per heavy atom. The van der Waals surface area contributed by atoms with Crippen molar-refractivity contribution in [2.24, 2.45) is 0 Å². The number of ether oxygens (including phenoxy) is 1. The van der Waals surface area contributed by atoms with Crippen LogP contribution in [0.5, 0.6) is 5.75 Å². The third kappa shape index (κ3) is 3.50. The van der Waals surface area contributed by atoms with Gasteiger partial charge in [0.05, 0.1) is 21.5 Å². The van der Waals surface area contributed by atoms with Crippen molar-refractivity contribution < 1.29 is 13.2 Å². The van der Waals surface area contributed by atoms with Gasteiger partial charge in [-0.1, -0.05) is 29.3 Å². The summed E-state index contributed by atoms with van der Waals surface area (Å²) in [5, 5.41) is 4.58. The molecule has 1 aliphatic rings. The lowest BCUT2D eigenvalue weighted by atomic mass is 10.0. The number of hydrogen-bond donors (Lipinski definition) is 2. The van der Waals surface area contributed by atoms with Gasteiger partial charge in [-0.2, -0.15) is 9.67 Å². The molecule has 4 N–H and O–H groups in total. The van der Waals surface area contributed by atoms with Crippen molar-refractivity contribution in [2.75, 3.05) is 17.2 Å². The van der Waals surface area contributed by atoms with Gasteiger partial charge in [0.25, 0.3) is 0 Å². The summed E-state index contributed by atoms with van der Waals surface area (Å²) in [6, 6.07) is 8.04. The predicted molar refractivity (Wildman–Crippen MR) is 112 cm³/mol. The van der Waals surface area contributed by atoms with E-state index in [4.69, 9.17) is 39.4 Å². The van der Waals surface area contributed by atoms with Crippen LogP contribution in [0.25, 0.3) is 16.8 Å². The number of nitrogens with two attached hydrogens (primary N) is 2. The molecule has 0 saturated carbocycles. The molecule has 29 heavy (non-hydrogen) atoms. The molecule has 11 heteroatoms. The molecule has 0 atom stereocenters. The molecule has 0 saturated heterocycles. The number of halogens is 2. The summed E-state index contributed by atoms with van der Waals surface area (Å²) in [6.45, 7) is 3.47. The van der Waals surface area contributed by atoms with E-state index >= 15 is 0 Å². The molecular weight excluding hydrogens is 437 g/mol. The number of nitrogens with zero attached hydrogens (tertiary/aromatic N) is 3. The van der Waals surface area contributed by atoms with Gasteiger partial charge < -0.3 is 16.2 Å². The summed E-state index contributed by atoms with van der Waals surface area (Å²) in [7, 11) is -3.52. The largest absolute Gasteiger partial charge is 0.485 e. The van der Waals surface area contributed by atoms with E-state index in [1.165, 1.54) is 10.7 Å². The van der Waals surface area contributed by atoms with Gasteiger partial charge in [0.15, 0.2) is 9.84 Å². The average Bonchev–Trinajstić information content (AvgIpc) is 2.91. The van der Waals surface area contributed by atoms with Crippen LogP contribution < -0.4 is 16.2 Å². The Labute approximate surface area is 177 Å². The van der Waals surface area contributed by atoms with E-state index in [9.17, 15) is 8.42 Å². The lowest BCUT2D eigenvalue weighted by molar-refractivity contribution is 0.123. The molecule has 152 valence electrons. The van der Waals surface area contributed by atoms with Gasteiger partial charge in [0.2, 0.25) is 11.9 Å². The number of rotatable bonds is 2. The number of nitrogen functional groups attached to an aromatic ring is 2. The quantitative estimate of drug-likeness (QED) is 0.608. The summed E-state index contributed by atoms with van der Waals surface area (Å²) in [4.78, 5) is 3.95. The second kappa shape index (κ2) is 6.51. The summed E-state index contributed by atoms with van der Waals surface area (Å²) in [5.41, 5.74) is 12.1. The highest BCUT2D eigenvalue weighted by atomic mass is 35.5.